The van der Waals surface area contributed by atoms with Crippen LogP contribution in [-0.2, 0) is 6.42 Å². The van der Waals surface area contributed by atoms with Crippen LogP contribution in [0.2, 0.25) is 0 Å². The summed E-state index contributed by atoms with van der Waals surface area (Å²) >= 11 is 0. The first-order chi connectivity index (χ1) is 8.72. The van der Waals surface area contributed by atoms with Gasteiger partial charge >= 0.3 is 0 Å². The van der Waals surface area contributed by atoms with Gasteiger partial charge in [0.05, 0.1) is 5.69 Å². The molecule has 1 saturated carbocycles. The molecule has 2 rings (SSSR count). The summed E-state index contributed by atoms with van der Waals surface area (Å²) in [6.07, 6.45) is 7.45. The van der Waals surface area contributed by atoms with E-state index in [1.54, 1.807) is 0 Å². The number of halogens is 1. The van der Waals surface area contributed by atoms with Gasteiger partial charge in [-0.25, -0.2) is 14.4 Å². The maximum Gasteiger partial charge on any atom is 0.186 e. The van der Waals surface area contributed by atoms with Gasteiger partial charge in [-0.15, -0.1) is 0 Å². The molecule has 1 heterocycles. The molecule has 1 fully saturated rings. The molecule has 2 unspecified atom stereocenters. The largest absolute Gasteiger partial charge is 0.363 e. The van der Waals surface area contributed by atoms with Gasteiger partial charge in [0.2, 0.25) is 0 Å². The summed E-state index contributed by atoms with van der Waals surface area (Å²) in [6.45, 7) is 1.88. The summed E-state index contributed by atoms with van der Waals surface area (Å²) in [7, 11) is 0. The van der Waals surface area contributed by atoms with Gasteiger partial charge in [-0.3, -0.25) is 0 Å². The SMILES string of the molecule is CCc1ncnc(NC2CCCCCC2N)c1F. The van der Waals surface area contributed by atoms with E-state index in [0.717, 1.165) is 25.7 Å². The van der Waals surface area contributed by atoms with E-state index in [1.807, 2.05) is 6.92 Å². The predicted molar refractivity (Wildman–Crippen MR) is 69.8 cm³/mol. The average molecular weight is 252 g/mol. The molecule has 1 aliphatic carbocycles. The zero-order valence-corrected chi connectivity index (χ0v) is 10.8. The zero-order valence-electron chi connectivity index (χ0n) is 10.8. The molecule has 0 saturated heterocycles. The molecule has 4 nitrogen and oxygen atoms in total. The normalized spacial score (nSPS) is 24.6. The van der Waals surface area contributed by atoms with Crippen LogP contribution >= 0.6 is 0 Å². The third-order valence-corrected chi connectivity index (χ3v) is 3.59. The number of aryl methyl sites for hydroxylation is 1. The highest BCUT2D eigenvalue weighted by atomic mass is 19.1. The molecule has 5 heteroatoms. The second-order valence-corrected chi connectivity index (χ2v) is 4.89. The molecule has 3 N–H and O–H groups in total. The van der Waals surface area contributed by atoms with E-state index >= 15 is 0 Å². The molecule has 0 amide bonds. The van der Waals surface area contributed by atoms with Crippen LogP contribution in [0.3, 0.4) is 0 Å². The molecule has 100 valence electrons. The van der Waals surface area contributed by atoms with Crippen molar-refractivity contribution in [3.63, 3.8) is 0 Å². The van der Waals surface area contributed by atoms with Crippen LogP contribution in [0.25, 0.3) is 0 Å². The van der Waals surface area contributed by atoms with Crippen LogP contribution in [0, 0.1) is 5.82 Å². The zero-order chi connectivity index (χ0) is 13.0. The van der Waals surface area contributed by atoms with Crippen LogP contribution in [-0.4, -0.2) is 22.1 Å². The Kier molecular flexibility index (Phi) is 4.47. The molecule has 1 aromatic rings. The molecule has 2 atom stereocenters. The summed E-state index contributed by atoms with van der Waals surface area (Å²) in [5, 5.41) is 3.16. The van der Waals surface area contributed by atoms with E-state index in [-0.39, 0.29) is 17.9 Å². The summed E-state index contributed by atoms with van der Waals surface area (Å²) in [6, 6.07) is 0.188. The number of anilines is 1. The van der Waals surface area contributed by atoms with E-state index in [0.29, 0.717) is 17.9 Å². The smallest absolute Gasteiger partial charge is 0.186 e. The second-order valence-electron chi connectivity index (χ2n) is 4.89. The molecular formula is C13H21FN4. The van der Waals surface area contributed by atoms with Crippen molar-refractivity contribution in [3.8, 4) is 0 Å². The highest BCUT2D eigenvalue weighted by molar-refractivity contribution is 5.38. The van der Waals surface area contributed by atoms with Crippen molar-refractivity contribution in [2.75, 3.05) is 5.32 Å². The Morgan fingerprint density at radius 1 is 1.33 bits per heavy atom. The topological polar surface area (TPSA) is 63.8 Å². The highest BCUT2D eigenvalue weighted by Gasteiger charge is 2.22. The van der Waals surface area contributed by atoms with E-state index in [4.69, 9.17) is 5.73 Å². The van der Waals surface area contributed by atoms with Gasteiger partial charge in [-0.05, 0) is 19.3 Å². The number of hydrogen-bond donors (Lipinski definition) is 2. The van der Waals surface area contributed by atoms with Gasteiger partial charge in [0.15, 0.2) is 11.6 Å². The van der Waals surface area contributed by atoms with Crippen molar-refractivity contribution in [1.29, 1.82) is 0 Å². The van der Waals surface area contributed by atoms with Crippen LogP contribution in [0.1, 0.15) is 44.7 Å². The van der Waals surface area contributed by atoms with Crippen molar-refractivity contribution in [2.45, 2.75) is 57.5 Å². The Morgan fingerprint density at radius 2 is 2.11 bits per heavy atom. The molecule has 0 aliphatic heterocycles. The van der Waals surface area contributed by atoms with Crippen LogP contribution in [0.4, 0.5) is 10.2 Å². The Balaban J connectivity index is 2.12. The van der Waals surface area contributed by atoms with E-state index in [2.05, 4.69) is 15.3 Å². The molecule has 0 radical (unpaired) electrons. The molecule has 0 bridgehead atoms. The van der Waals surface area contributed by atoms with Gasteiger partial charge in [0.25, 0.3) is 0 Å². The summed E-state index contributed by atoms with van der Waals surface area (Å²) in [4.78, 5) is 7.92. The minimum absolute atomic E-state index is 0.0759. The Hall–Kier alpha value is -1.23. The first-order valence-corrected chi connectivity index (χ1v) is 6.74. The number of hydrogen-bond acceptors (Lipinski definition) is 4. The molecule has 0 spiro atoms. The first-order valence-electron chi connectivity index (χ1n) is 6.74. The van der Waals surface area contributed by atoms with Crippen LogP contribution < -0.4 is 11.1 Å². The lowest BCUT2D eigenvalue weighted by atomic mass is 10.0. The van der Waals surface area contributed by atoms with Gasteiger partial charge in [0.1, 0.15) is 6.33 Å². The average Bonchev–Trinajstić information content (AvgIpc) is 2.57. The summed E-state index contributed by atoms with van der Waals surface area (Å²) < 4.78 is 14.0. The number of nitrogens with two attached hydrogens (primary N) is 1. The number of nitrogens with one attached hydrogen (secondary N) is 1. The van der Waals surface area contributed by atoms with Crippen LogP contribution in [0.15, 0.2) is 6.33 Å². The number of aromatic nitrogens is 2. The van der Waals surface area contributed by atoms with Crippen molar-refractivity contribution in [2.24, 2.45) is 5.73 Å². The predicted octanol–water partition coefficient (Wildman–Crippen LogP) is 2.25. The lowest BCUT2D eigenvalue weighted by Crippen LogP contribution is -2.39. The minimum Gasteiger partial charge on any atom is -0.363 e. The van der Waals surface area contributed by atoms with Gasteiger partial charge in [-0.1, -0.05) is 26.2 Å². The molecule has 18 heavy (non-hydrogen) atoms. The lowest BCUT2D eigenvalue weighted by Gasteiger charge is -2.23. The van der Waals surface area contributed by atoms with E-state index in [9.17, 15) is 4.39 Å². The molecule has 1 aromatic heterocycles. The summed E-state index contributed by atoms with van der Waals surface area (Å²) in [5.74, 6) is -0.0411. The van der Waals surface area contributed by atoms with Gasteiger partial charge in [-0.2, -0.15) is 0 Å². The minimum atomic E-state index is -0.337. The van der Waals surface area contributed by atoms with E-state index in [1.165, 1.54) is 12.7 Å². The third kappa shape index (κ3) is 2.96. The maximum atomic E-state index is 14.0. The van der Waals surface area contributed by atoms with E-state index < -0.39 is 0 Å². The van der Waals surface area contributed by atoms with Gasteiger partial charge < -0.3 is 11.1 Å². The van der Waals surface area contributed by atoms with Gasteiger partial charge in [0, 0.05) is 12.1 Å². The van der Waals surface area contributed by atoms with Crippen molar-refractivity contribution < 1.29 is 4.39 Å². The fourth-order valence-electron chi connectivity index (χ4n) is 2.44. The lowest BCUT2D eigenvalue weighted by molar-refractivity contribution is 0.518. The summed E-state index contributed by atoms with van der Waals surface area (Å²) in [5.41, 5.74) is 6.57. The monoisotopic (exact) mass is 252 g/mol. The molecule has 0 aromatic carbocycles. The van der Waals surface area contributed by atoms with Crippen molar-refractivity contribution in [1.82, 2.24) is 9.97 Å². The fraction of sp³-hybridized carbons (Fsp3) is 0.692. The number of rotatable bonds is 3. The first kappa shape index (κ1) is 13.2. The molecular weight excluding hydrogens is 231 g/mol. The Labute approximate surface area is 107 Å². The Morgan fingerprint density at radius 3 is 2.89 bits per heavy atom. The van der Waals surface area contributed by atoms with Crippen molar-refractivity contribution >= 4 is 5.82 Å². The maximum absolute atomic E-state index is 14.0. The number of nitrogens with zero attached hydrogens (tertiary/aromatic N) is 2. The Bertz CT molecular complexity index is 397. The van der Waals surface area contributed by atoms with Crippen LogP contribution in [0.5, 0.6) is 0 Å². The van der Waals surface area contributed by atoms with Crippen molar-refractivity contribution in [3.05, 3.63) is 17.8 Å². The fourth-order valence-corrected chi connectivity index (χ4v) is 2.44. The highest BCUT2D eigenvalue weighted by Crippen LogP contribution is 2.21. The second kappa shape index (κ2) is 6.09. The third-order valence-electron chi connectivity index (χ3n) is 3.59. The standard InChI is InChI=1S/C13H21FN4/c1-2-10-12(14)13(17-8-16-10)18-11-7-5-3-4-6-9(11)15/h8-9,11H,2-7,15H2,1H3,(H,16,17,18). The quantitative estimate of drug-likeness (QED) is 0.810. The molecule has 1 aliphatic rings.